The van der Waals surface area contributed by atoms with Gasteiger partial charge in [0.1, 0.15) is 6.04 Å². The second-order valence-electron chi connectivity index (χ2n) is 5.76. The number of para-hydroxylation sites is 2. The Balaban J connectivity index is 1.99. The first-order valence-electron chi connectivity index (χ1n) is 8.06. The van der Waals surface area contributed by atoms with Gasteiger partial charge in [0, 0.05) is 6.54 Å². The van der Waals surface area contributed by atoms with Crippen LogP contribution < -0.4 is 10.6 Å². The van der Waals surface area contributed by atoms with Crippen LogP contribution in [-0.2, 0) is 4.79 Å². The Morgan fingerprint density at radius 3 is 1.82 bits per heavy atom. The van der Waals surface area contributed by atoms with Gasteiger partial charge in [-0.2, -0.15) is 0 Å². The lowest BCUT2D eigenvalue weighted by atomic mass is 10.1. The maximum atomic E-state index is 12.1. The summed E-state index contributed by atoms with van der Waals surface area (Å²) in [7, 11) is 0. The number of aromatic hydroxyl groups is 4. The third kappa shape index (κ3) is 4.61. The number of rotatable bonds is 7. The zero-order chi connectivity index (χ0) is 20.8. The Kier molecular flexibility index (Phi) is 6.27. The van der Waals surface area contributed by atoms with Crippen LogP contribution in [0.1, 0.15) is 27.1 Å². The van der Waals surface area contributed by atoms with Crippen molar-refractivity contribution >= 4 is 17.8 Å². The lowest BCUT2D eigenvalue weighted by molar-refractivity contribution is -0.139. The average Bonchev–Trinajstić information content (AvgIpc) is 2.64. The van der Waals surface area contributed by atoms with Crippen LogP contribution in [-0.4, -0.2) is 55.9 Å². The third-order valence-electron chi connectivity index (χ3n) is 3.84. The fourth-order valence-corrected chi connectivity index (χ4v) is 2.35. The molecule has 148 valence electrons. The first-order valence-corrected chi connectivity index (χ1v) is 8.06. The van der Waals surface area contributed by atoms with Crippen LogP contribution in [0.25, 0.3) is 0 Å². The zero-order valence-corrected chi connectivity index (χ0v) is 14.4. The summed E-state index contributed by atoms with van der Waals surface area (Å²) < 4.78 is 0. The third-order valence-corrected chi connectivity index (χ3v) is 3.84. The molecule has 10 heteroatoms. The highest BCUT2D eigenvalue weighted by Gasteiger charge is 2.23. The summed E-state index contributed by atoms with van der Waals surface area (Å²) in [6, 6.07) is 6.09. The molecule has 0 saturated heterocycles. The van der Waals surface area contributed by atoms with Gasteiger partial charge in [-0.1, -0.05) is 12.1 Å². The van der Waals surface area contributed by atoms with Crippen LogP contribution in [0.4, 0.5) is 0 Å². The van der Waals surface area contributed by atoms with Gasteiger partial charge in [-0.15, -0.1) is 0 Å². The van der Waals surface area contributed by atoms with E-state index in [1.165, 1.54) is 30.3 Å². The molecule has 0 spiro atoms. The molecule has 2 aromatic carbocycles. The molecule has 0 aliphatic carbocycles. The van der Waals surface area contributed by atoms with Crippen molar-refractivity contribution in [3.8, 4) is 23.0 Å². The summed E-state index contributed by atoms with van der Waals surface area (Å²) in [4.78, 5) is 35.5. The second kappa shape index (κ2) is 8.62. The van der Waals surface area contributed by atoms with E-state index in [2.05, 4.69) is 10.6 Å². The van der Waals surface area contributed by atoms with E-state index in [9.17, 15) is 39.9 Å². The molecule has 2 aromatic rings. The fraction of sp³-hybridized carbons (Fsp3) is 0.167. The molecule has 0 saturated carbocycles. The van der Waals surface area contributed by atoms with Crippen molar-refractivity contribution in [3.63, 3.8) is 0 Å². The SMILES string of the molecule is O=C(NCC[C@@H](NC(=O)c1cccc(O)c1O)C(=O)O)c1cccc(O)c1O. The van der Waals surface area contributed by atoms with Crippen LogP contribution in [0.5, 0.6) is 23.0 Å². The number of carboxylic acid groups (broad SMARTS) is 1. The molecule has 0 aliphatic heterocycles. The predicted octanol–water partition coefficient (Wildman–Crippen LogP) is 0.512. The van der Waals surface area contributed by atoms with Gasteiger partial charge in [-0.05, 0) is 30.7 Å². The van der Waals surface area contributed by atoms with Gasteiger partial charge in [0.2, 0.25) is 0 Å². The molecule has 0 radical (unpaired) electrons. The minimum Gasteiger partial charge on any atom is -0.504 e. The molecular weight excluding hydrogens is 372 g/mol. The van der Waals surface area contributed by atoms with E-state index in [1.54, 1.807) is 0 Å². The standard InChI is InChI=1S/C18H18N2O8/c21-12-5-1-3-9(14(12)23)16(25)19-8-7-11(18(27)28)20-17(26)10-4-2-6-13(22)15(10)24/h1-6,11,21-24H,7-8H2,(H,19,25)(H,20,26)(H,27,28)/t11-/m1/s1. The van der Waals surface area contributed by atoms with E-state index in [0.29, 0.717) is 0 Å². The minimum absolute atomic E-state index is 0.169. The fourth-order valence-electron chi connectivity index (χ4n) is 2.35. The van der Waals surface area contributed by atoms with Crippen molar-refractivity contribution in [1.82, 2.24) is 10.6 Å². The summed E-state index contributed by atoms with van der Waals surface area (Å²) in [6.45, 7) is -0.169. The number of amides is 2. The Morgan fingerprint density at radius 2 is 1.32 bits per heavy atom. The predicted molar refractivity (Wildman–Crippen MR) is 95.4 cm³/mol. The van der Waals surface area contributed by atoms with Crippen molar-refractivity contribution in [2.24, 2.45) is 0 Å². The minimum atomic E-state index is -1.40. The van der Waals surface area contributed by atoms with Gasteiger partial charge in [0.25, 0.3) is 11.8 Å². The summed E-state index contributed by atoms with van der Waals surface area (Å²) in [5.41, 5.74) is -0.499. The molecule has 28 heavy (non-hydrogen) atoms. The number of benzene rings is 2. The molecule has 0 unspecified atom stereocenters. The van der Waals surface area contributed by atoms with E-state index < -0.39 is 46.8 Å². The topological polar surface area (TPSA) is 176 Å². The molecule has 0 heterocycles. The molecule has 0 aromatic heterocycles. The van der Waals surface area contributed by atoms with Gasteiger partial charge < -0.3 is 36.2 Å². The lowest BCUT2D eigenvalue weighted by Crippen LogP contribution is -2.43. The average molecular weight is 390 g/mol. The summed E-state index contributed by atoms with van der Waals surface area (Å²) in [6.07, 6.45) is -0.202. The van der Waals surface area contributed by atoms with Crippen LogP contribution in [0, 0.1) is 0 Å². The van der Waals surface area contributed by atoms with Gasteiger partial charge >= 0.3 is 5.97 Å². The van der Waals surface area contributed by atoms with Gasteiger partial charge in [-0.3, -0.25) is 9.59 Å². The zero-order valence-electron chi connectivity index (χ0n) is 14.4. The normalized spacial score (nSPS) is 11.4. The number of carbonyl (C=O) groups is 3. The Labute approximate surface area is 158 Å². The summed E-state index contributed by atoms with van der Waals surface area (Å²) in [5.74, 6) is -5.33. The van der Waals surface area contributed by atoms with Crippen molar-refractivity contribution in [1.29, 1.82) is 0 Å². The van der Waals surface area contributed by atoms with Gasteiger partial charge in [0.05, 0.1) is 11.1 Å². The van der Waals surface area contributed by atoms with E-state index in [-0.39, 0.29) is 24.1 Å². The number of phenols is 4. The molecule has 0 aliphatic rings. The number of carboxylic acids is 1. The summed E-state index contributed by atoms with van der Waals surface area (Å²) in [5, 5.41) is 51.9. The van der Waals surface area contributed by atoms with Crippen LogP contribution in [0.3, 0.4) is 0 Å². The molecule has 1 atom stereocenters. The van der Waals surface area contributed by atoms with Crippen LogP contribution in [0.15, 0.2) is 36.4 Å². The lowest BCUT2D eigenvalue weighted by Gasteiger charge is -2.16. The van der Waals surface area contributed by atoms with E-state index in [4.69, 9.17) is 0 Å². The second-order valence-corrected chi connectivity index (χ2v) is 5.76. The number of nitrogens with one attached hydrogen (secondary N) is 2. The Bertz CT molecular complexity index is 912. The first-order chi connectivity index (χ1) is 13.2. The quantitative estimate of drug-likeness (QED) is 0.334. The Morgan fingerprint density at radius 1 is 0.821 bits per heavy atom. The van der Waals surface area contributed by atoms with E-state index >= 15 is 0 Å². The highest BCUT2D eigenvalue weighted by molar-refractivity contribution is 5.99. The first kappa shape index (κ1) is 20.4. The van der Waals surface area contributed by atoms with Gasteiger partial charge in [-0.25, -0.2) is 4.79 Å². The monoisotopic (exact) mass is 390 g/mol. The van der Waals surface area contributed by atoms with Crippen molar-refractivity contribution < 1.29 is 39.9 Å². The number of aliphatic carboxylic acids is 1. The van der Waals surface area contributed by atoms with E-state index in [1.807, 2.05) is 0 Å². The summed E-state index contributed by atoms with van der Waals surface area (Å²) >= 11 is 0. The molecular formula is C18H18N2O8. The van der Waals surface area contributed by atoms with Crippen molar-refractivity contribution in [2.75, 3.05) is 6.54 Å². The highest BCUT2D eigenvalue weighted by Crippen LogP contribution is 2.28. The van der Waals surface area contributed by atoms with Gasteiger partial charge in [0.15, 0.2) is 23.0 Å². The van der Waals surface area contributed by atoms with Crippen molar-refractivity contribution in [2.45, 2.75) is 12.5 Å². The number of phenolic OH excluding ortho intramolecular Hbond substituents is 4. The largest absolute Gasteiger partial charge is 0.504 e. The molecule has 0 bridgehead atoms. The molecule has 10 nitrogen and oxygen atoms in total. The maximum Gasteiger partial charge on any atom is 0.326 e. The smallest absolute Gasteiger partial charge is 0.326 e. The molecule has 0 fully saturated rings. The number of carbonyl (C=O) groups excluding carboxylic acids is 2. The maximum absolute atomic E-state index is 12.1. The van der Waals surface area contributed by atoms with E-state index in [0.717, 1.165) is 6.07 Å². The molecule has 2 amide bonds. The van der Waals surface area contributed by atoms with Crippen LogP contribution in [0.2, 0.25) is 0 Å². The molecule has 2 rings (SSSR count). The van der Waals surface area contributed by atoms with Crippen molar-refractivity contribution in [3.05, 3.63) is 47.5 Å². The number of hydrogen-bond donors (Lipinski definition) is 7. The molecule has 7 N–H and O–H groups in total. The number of hydrogen-bond acceptors (Lipinski definition) is 7. The Hall–Kier alpha value is -3.95. The van der Waals surface area contributed by atoms with Crippen LogP contribution >= 0.6 is 0 Å². The highest BCUT2D eigenvalue weighted by atomic mass is 16.4.